The Kier molecular flexibility index (Phi) is 6.44. The summed E-state index contributed by atoms with van der Waals surface area (Å²) in [5, 5.41) is 7.92. The fourth-order valence-electron chi connectivity index (χ4n) is 5.83. The van der Waals surface area contributed by atoms with Crippen LogP contribution in [0.25, 0.3) is 22.6 Å². The van der Waals surface area contributed by atoms with Crippen molar-refractivity contribution in [3.8, 4) is 11.4 Å². The number of fused-ring (bicyclic) bond motifs is 1. The van der Waals surface area contributed by atoms with Crippen LogP contribution in [0.5, 0.6) is 0 Å². The van der Waals surface area contributed by atoms with Crippen molar-refractivity contribution in [2.75, 3.05) is 18.4 Å². The zero-order valence-corrected chi connectivity index (χ0v) is 21.3. The van der Waals surface area contributed by atoms with Gasteiger partial charge in [0.25, 0.3) is 0 Å². The first-order valence-corrected chi connectivity index (χ1v) is 13.4. The van der Waals surface area contributed by atoms with Gasteiger partial charge in [0.2, 0.25) is 0 Å². The van der Waals surface area contributed by atoms with Gasteiger partial charge in [0, 0.05) is 31.7 Å². The molecule has 2 aliphatic rings. The maximum atomic E-state index is 5.46. The van der Waals surface area contributed by atoms with E-state index in [0.29, 0.717) is 17.9 Å². The highest BCUT2D eigenvalue weighted by atomic mass is 16.5. The Hall–Kier alpha value is -3.26. The van der Waals surface area contributed by atoms with Gasteiger partial charge >= 0.3 is 0 Å². The highest BCUT2D eigenvalue weighted by molar-refractivity contribution is 5.85. The van der Waals surface area contributed by atoms with Crippen LogP contribution in [0.4, 0.5) is 5.82 Å². The predicted octanol–water partition coefficient (Wildman–Crippen LogP) is 5.68. The summed E-state index contributed by atoms with van der Waals surface area (Å²) >= 11 is 0. The van der Waals surface area contributed by atoms with E-state index in [2.05, 4.69) is 50.3 Å². The highest BCUT2D eigenvalue weighted by Crippen LogP contribution is 2.34. The molecular formula is C28H35N7O. The average molecular weight is 486 g/mol. The molecule has 1 N–H and O–H groups in total. The molecular weight excluding hydrogens is 450 g/mol. The lowest BCUT2D eigenvalue weighted by Crippen LogP contribution is -2.38. The Morgan fingerprint density at radius 1 is 0.972 bits per heavy atom. The second kappa shape index (κ2) is 10.0. The van der Waals surface area contributed by atoms with Gasteiger partial charge in [-0.05, 0) is 45.1 Å². The minimum absolute atomic E-state index is 0.354. The van der Waals surface area contributed by atoms with Crippen LogP contribution < -0.4 is 5.32 Å². The number of likely N-dealkylation sites (tertiary alicyclic amines) is 1. The van der Waals surface area contributed by atoms with Crippen molar-refractivity contribution >= 4 is 17.0 Å². The summed E-state index contributed by atoms with van der Waals surface area (Å²) in [4.78, 5) is 17.4. The van der Waals surface area contributed by atoms with Crippen LogP contribution in [0.1, 0.15) is 68.0 Å². The van der Waals surface area contributed by atoms with Crippen molar-refractivity contribution in [2.45, 2.75) is 77.4 Å². The molecule has 4 aromatic rings. The van der Waals surface area contributed by atoms with E-state index in [-0.39, 0.29) is 0 Å². The number of hydrogen-bond donors (Lipinski definition) is 1. The Morgan fingerprint density at radius 3 is 2.47 bits per heavy atom. The van der Waals surface area contributed by atoms with Crippen molar-refractivity contribution < 1.29 is 4.52 Å². The van der Waals surface area contributed by atoms with Crippen LogP contribution >= 0.6 is 0 Å². The highest BCUT2D eigenvalue weighted by Gasteiger charge is 2.26. The van der Waals surface area contributed by atoms with Crippen LogP contribution in [0.3, 0.4) is 0 Å². The minimum atomic E-state index is 0.354. The largest absolute Gasteiger partial charge is 0.365 e. The van der Waals surface area contributed by atoms with E-state index in [4.69, 9.17) is 19.5 Å². The molecule has 1 aliphatic heterocycles. The number of anilines is 1. The van der Waals surface area contributed by atoms with Crippen LogP contribution in [0, 0.1) is 13.8 Å². The first-order valence-electron chi connectivity index (χ1n) is 13.4. The lowest BCUT2D eigenvalue weighted by molar-refractivity contribution is 0.211. The fourth-order valence-corrected chi connectivity index (χ4v) is 5.83. The molecule has 0 spiro atoms. The van der Waals surface area contributed by atoms with Crippen molar-refractivity contribution in [3.63, 3.8) is 0 Å². The number of piperidine rings is 1. The number of rotatable bonds is 6. The molecule has 8 nitrogen and oxygen atoms in total. The first kappa shape index (κ1) is 23.2. The van der Waals surface area contributed by atoms with Crippen molar-refractivity contribution in [1.82, 2.24) is 29.6 Å². The van der Waals surface area contributed by atoms with Gasteiger partial charge in [-0.3, -0.25) is 4.90 Å². The standard InChI is InChI=1S/C28H35N7O/c1-19-24(20(2)36-33-19)26-31-27(25-28(32-26)35(18-29-25)23-11-7-4-8-12-23)30-22-13-15-34(16-14-22)17-21-9-5-3-6-10-21/h3,5-6,9-10,18,22-23H,4,7-8,11-17H2,1-2H3,(H,30,31,32). The number of hydrogen-bond acceptors (Lipinski definition) is 7. The van der Waals surface area contributed by atoms with E-state index in [1.165, 1.54) is 37.7 Å². The second-order valence-electron chi connectivity index (χ2n) is 10.4. The SMILES string of the molecule is Cc1noc(C)c1-c1nc(NC2CCN(Cc3ccccc3)CC2)c2ncn(C3CCCCC3)c2n1. The number of nitrogens with zero attached hydrogens (tertiary/aromatic N) is 6. The lowest BCUT2D eigenvalue weighted by atomic mass is 9.95. The monoisotopic (exact) mass is 485 g/mol. The summed E-state index contributed by atoms with van der Waals surface area (Å²) in [5.41, 5.74) is 4.85. The number of benzene rings is 1. The third kappa shape index (κ3) is 4.62. The molecule has 0 unspecified atom stereocenters. The molecule has 1 aromatic carbocycles. The number of aromatic nitrogens is 5. The Labute approximate surface area is 212 Å². The maximum absolute atomic E-state index is 5.46. The molecule has 0 atom stereocenters. The van der Waals surface area contributed by atoms with Crippen LogP contribution in [0.15, 0.2) is 41.2 Å². The summed E-state index contributed by atoms with van der Waals surface area (Å²) in [7, 11) is 0. The van der Waals surface area contributed by atoms with Crippen molar-refractivity contribution in [1.29, 1.82) is 0 Å². The third-order valence-electron chi connectivity index (χ3n) is 7.82. The van der Waals surface area contributed by atoms with E-state index in [9.17, 15) is 0 Å². The molecule has 0 bridgehead atoms. The van der Waals surface area contributed by atoms with Gasteiger partial charge < -0.3 is 14.4 Å². The molecule has 0 amide bonds. The zero-order chi connectivity index (χ0) is 24.5. The normalized spacial score (nSPS) is 18.2. The number of nitrogens with one attached hydrogen (secondary N) is 1. The van der Waals surface area contributed by atoms with Crippen molar-refractivity contribution in [2.24, 2.45) is 0 Å². The van der Waals surface area contributed by atoms with Gasteiger partial charge in [0.05, 0.1) is 17.6 Å². The number of aryl methyl sites for hydroxylation is 2. The third-order valence-corrected chi connectivity index (χ3v) is 7.82. The lowest BCUT2D eigenvalue weighted by Gasteiger charge is -2.32. The fraction of sp³-hybridized carbons (Fsp3) is 0.500. The molecule has 4 heterocycles. The van der Waals surface area contributed by atoms with E-state index >= 15 is 0 Å². The van der Waals surface area contributed by atoms with Gasteiger partial charge in [-0.15, -0.1) is 0 Å². The van der Waals surface area contributed by atoms with E-state index in [1.807, 2.05) is 20.2 Å². The van der Waals surface area contributed by atoms with E-state index in [0.717, 1.165) is 66.5 Å². The van der Waals surface area contributed by atoms with Crippen molar-refractivity contribution in [3.05, 3.63) is 53.7 Å². The molecule has 3 aromatic heterocycles. The summed E-state index contributed by atoms with van der Waals surface area (Å²) in [5.74, 6) is 2.24. The molecule has 1 saturated heterocycles. The summed E-state index contributed by atoms with van der Waals surface area (Å²) in [6, 6.07) is 11.5. The molecule has 0 radical (unpaired) electrons. The molecule has 8 heteroatoms. The van der Waals surface area contributed by atoms with Crippen LogP contribution in [-0.2, 0) is 6.54 Å². The Morgan fingerprint density at radius 2 is 1.75 bits per heavy atom. The quantitative estimate of drug-likeness (QED) is 0.376. The van der Waals surface area contributed by atoms with E-state index in [1.54, 1.807) is 0 Å². The number of imidazole rings is 1. The van der Waals surface area contributed by atoms with Gasteiger partial charge in [0.1, 0.15) is 11.3 Å². The summed E-state index contributed by atoms with van der Waals surface area (Å²) < 4.78 is 7.75. The molecule has 188 valence electrons. The topological polar surface area (TPSA) is 84.9 Å². The smallest absolute Gasteiger partial charge is 0.169 e. The molecule has 1 aliphatic carbocycles. The van der Waals surface area contributed by atoms with Gasteiger partial charge in [-0.2, -0.15) is 0 Å². The van der Waals surface area contributed by atoms with Gasteiger partial charge in [0.15, 0.2) is 17.3 Å². The maximum Gasteiger partial charge on any atom is 0.169 e. The molecule has 1 saturated carbocycles. The van der Waals surface area contributed by atoms with Gasteiger partial charge in [-0.25, -0.2) is 15.0 Å². The Balaban J connectivity index is 1.27. The average Bonchev–Trinajstić information content (AvgIpc) is 3.49. The predicted molar refractivity (Wildman–Crippen MR) is 141 cm³/mol. The first-order chi connectivity index (χ1) is 17.7. The summed E-state index contributed by atoms with van der Waals surface area (Å²) in [6.07, 6.45) is 10.3. The molecule has 36 heavy (non-hydrogen) atoms. The second-order valence-corrected chi connectivity index (χ2v) is 10.4. The van der Waals surface area contributed by atoms with Crippen LogP contribution in [0.2, 0.25) is 0 Å². The van der Waals surface area contributed by atoms with Crippen LogP contribution in [-0.4, -0.2) is 48.7 Å². The minimum Gasteiger partial charge on any atom is -0.365 e. The Bertz CT molecular complexity index is 1300. The van der Waals surface area contributed by atoms with E-state index < -0.39 is 0 Å². The molecule has 2 fully saturated rings. The van der Waals surface area contributed by atoms with Gasteiger partial charge in [-0.1, -0.05) is 54.8 Å². The summed E-state index contributed by atoms with van der Waals surface area (Å²) in [6.45, 7) is 7.01. The zero-order valence-electron chi connectivity index (χ0n) is 21.3. The molecule has 6 rings (SSSR count).